The summed E-state index contributed by atoms with van der Waals surface area (Å²) >= 11 is 0. The van der Waals surface area contributed by atoms with Gasteiger partial charge in [-0.3, -0.25) is 4.90 Å². The van der Waals surface area contributed by atoms with Gasteiger partial charge in [0.25, 0.3) is 0 Å². The number of alkyl halides is 3. The van der Waals surface area contributed by atoms with E-state index in [2.05, 4.69) is 5.32 Å². The van der Waals surface area contributed by atoms with Gasteiger partial charge >= 0.3 is 12.3 Å². The van der Waals surface area contributed by atoms with Crippen molar-refractivity contribution in [1.29, 1.82) is 0 Å². The molecule has 1 amide bonds. The summed E-state index contributed by atoms with van der Waals surface area (Å²) in [5, 5.41) is 3.02. The number of halogens is 3. The minimum atomic E-state index is -4.42. The maximum absolute atomic E-state index is 13.2. The average Bonchev–Trinajstić information content (AvgIpc) is 2.22. The van der Waals surface area contributed by atoms with E-state index in [9.17, 15) is 18.0 Å². The van der Waals surface area contributed by atoms with Crippen molar-refractivity contribution in [1.82, 2.24) is 10.2 Å². The molecule has 2 heterocycles. The molecule has 20 heavy (non-hydrogen) atoms. The summed E-state index contributed by atoms with van der Waals surface area (Å²) in [6.45, 7) is 6.24. The van der Waals surface area contributed by atoms with E-state index < -0.39 is 23.9 Å². The molecule has 0 aliphatic carbocycles. The normalized spacial score (nSPS) is 26.3. The van der Waals surface area contributed by atoms with Gasteiger partial charge in [0, 0.05) is 19.6 Å². The van der Waals surface area contributed by atoms with Crippen molar-refractivity contribution in [3.63, 3.8) is 0 Å². The average molecular weight is 294 g/mol. The van der Waals surface area contributed by atoms with Crippen LogP contribution in [-0.4, -0.2) is 48.4 Å². The summed E-state index contributed by atoms with van der Waals surface area (Å²) in [5.41, 5.74) is -1.10. The molecule has 2 aliphatic heterocycles. The number of rotatable bonds is 0. The Morgan fingerprint density at radius 1 is 1.30 bits per heavy atom. The molecule has 0 radical (unpaired) electrons. The van der Waals surface area contributed by atoms with Crippen LogP contribution in [0, 0.1) is 5.41 Å². The van der Waals surface area contributed by atoms with Gasteiger partial charge in [-0.2, -0.15) is 13.2 Å². The maximum atomic E-state index is 13.2. The van der Waals surface area contributed by atoms with Crippen LogP contribution < -0.4 is 5.32 Å². The molecule has 0 aromatic carbocycles. The molecule has 2 fully saturated rings. The monoisotopic (exact) mass is 294 g/mol. The number of hydrogen-bond donors (Lipinski definition) is 1. The molecule has 7 heteroatoms. The molecule has 0 saturated carbocycles. The zero-order valence-corrected chi connectivity index (χ0v) is 12.0. The summed E-state index contributed by atoms with van der Waals surface area (Å²) in [6, 6.07) is -1.74. The molecule has 116 valence electrons. The SMILES string of the molecule is CC(C)(C)OC(=O)N1CCC2(CNC2)CC1C(F)(F)F. The lowest BCUT2D eigenvalue weighted by Gasteiger charge is -2.51. The Hall–Kier alpha value is -0.980. The number of carbonyl (C=O) groups excluding carboxylic acids is 1. The molecule has 0 bridgehead atoms. The lowest BCUT2D eigenvalue weighted by molar-refractivity contribution is -0.201. The molecule has 1 atom stereocenters. The minimum Gasteiger partial charge on any atom is -0.444 e. The van der Waals surface area contributed by atoms with Crippen LogP contribution in [0.3, 0.4) is 0 Å². The van der Waals surface area contributed by atoms with Crippen molar-refractivity contribution in [3.05, 3.63) is 0 Å². The van der Waals surface area contributed by atoms with Crippen LogP contribution >= 0.6 is 0 Å². The van der Waals surface area contributed by atoms with Crippen molar-refractivity contribution in [2.24, 2.45) is 5.41 Å². The van der Waals surface area contributed by atoms with E-state index in [1.807, 2.05) is 0 Å². The van der Waals surface area contributed by atoms with E-state index in [4.69, 9.17) is 4.74 Å². The number of likely N-dealkylation sites (tertiary alicyclic amines) is 1. The predicted octanol–water partition coefficient (Wildman–Crippen LogP) is 2.54. The number of ether oxygens (including phenoxy) is 1. The third kappa shape index (κ3) is 3.19. The quantitative estimate of drug-likeness (QED) is 0.746. The first-order chi connectivity index (χ1) is 9.03. The number of hydrogen-bond acceptors (Lipinski definition) is 3. The molecule has 1 unspecified atom stereocenters. The van der Waals surface area contributed by atoms with Gasteiger partial charge in [0.2, 0.25) is 0 Å². The van der Waals surface area contributed by atoms with Gasteiger partial charge in [-0.15, -0.1) is 0 Å². The van der Waals surface area contributed by atoms with Gasteiger partial charge in [-0.25, -0.2) is 4.79 Å². The van der Waals surface area contributed by atoms with Gasteiger partial charge in [-0.1, -0.05) is 0 Å². The minimum absolute atomic E-state index is 0.0389. The van der Waals surface area contributed by atoms with E-state index >= 15 is 0 Å². The molecule has 2 rings (SSSR count). The van der Waals surface area contributed by atoms with E-state index in [1.165, 1.54) is 0 Å². The van der Waals surface area contributed by atoms with Crippen LogP contribution in [0.15, 0.2) is 0 Å². The first-order valence-electron chi connectivity index (χ1n) is 6.80. The topological polar surface area (TPSA) is 41.6 Å². The first-order valence-corrected chi connectivity index (χ1v) is 6.80. The molecule has 2 saturated heterocycles. The number of nitrogens with zero attached hydrogens (tertiary/aromatic N) is 1. The van der Waals surface area contributed by atoms with Crippen molar-refractivity contribution in [2.75, 3.05) is 19.6 Å². The third-order valence-electron chi connectivity index (χ3n) is 3.89. The fourth-order valence-corrected chi connectivity index (χ4v) is 2.77. The summed E-state index contributed by atoms with van der Waals surface area (Å²) < 4.78 is 44.7. The predicted molar refractivity (Wildman–Crippen MR) is 67.3 cm³/mol. The van der Waals surface area contributed by atoms with Crippen molar-refractivity contribution in [2.45, 2.75) is 51.4 Å². The van der Waals surface area contributed by atoms with Crippen molar-refractivity contribution >= 4 is 6.09 Å². The van der Waals surface area contributed by atoms with Crippen molar-refractivity contribution in [3.8, 4) is 0 Å². The molecule has 0 aromatic rings. The zero-order chi connectivity index (χ0) is 15.2. The summed E-state index contributed by atoms with van der Waals surface area (Å²) in [6.07, 6.45) is -4.74. The van der Waals surface area contributed by atoms with Crippen LogP contribution in [0.4, 0.5) is 18.0 Å². The second-order valence-electron chi connectivity index (χ2n) is 6.79. The third-order valence-corrected chi connectivity index (χ3v) is 3.89. The molecular weight excluding hydrogens is 273 g/mol. The van der Waals surface area contributed by atoms with Crippen molar-refractivity contribution < 1.29 is 22.7 Å². The first kappa shape index (κ1) is 15.4. The van der Waals surface area contributed by atoms with Crippen LogP contribution in [-0.2, 0) is 4.74 Å². The van der Waals surface area contributed by atoms with Gasteiger partial charge in [-0.05, 0) is 39.0 Å². The fraction of sp³-hybridized carbons (Fsp3) is 0.923. The zero-order valence-electron chi connectivity index (χ0n) is 12.0. The second-order valence-corrected chi connectivity index (χ2v) is 6.79. The Kier molecular flexibility index (Phi) is 3.69. The Morgan fingerprint density at radius 2 is 1.90 bits per heavy atom. The van der Waals surface area contributed by atoms with E-state index in [0.717, 1.165) is 4.90 Å². The Labute approximate surface area is 116 Å². The smallest absolute Gasteiger partial charge is 0.410 e. The molecule has 0 aromatic heterocycles. The number of piperidine rings is 1. The highest BCUT2D eigenvalue weighted by atomic mass is 19.4. The van der Waals surface area contributed by atoms with Crippen LogP contribution in [0.25, 0.3) is 0 Å². The fourth-order valence-electron chi connectivity index (χ4n) is 2.77. The molecule has 2 aliphatic rings. The Morgan fingerprint density at radius 3 is 2.30 bits per heavy atom. The number of carbonyl (C=O) groups is 1. The molecule has 1 spiro atoms. The van der Waals surface area contributed by atoms with Gasteiger partial charge in [0.15, 0.2) is 0 Å². The number of amides is 1. The van der Waals surface area contributed by atoms with Crippen LogP contribution in [0.5, 0.6) is 0 Å². The van der Waals surface area contributed by atoms with E-state index in [-0.39, 0.29) is 18.4 Å². The summed E-state index contributed by atoms with van der Waals surface area (Å²) in [7, 11) is 0. The van der Waals surface area contributed by atoms with Gasteiger partial charge < -0.3 is 10.1 Å². The lowest BCUT2D eigenvalue weighted by atomic mass is 9.71. The largest absolute Gasteiger partial charge is 0.444 e. The highest BCUT2D eigenvalue weighted by Crippen LogP contribution is 2.43. The van der Waals surface area contributed by atoms with Gasteiger partial charge in [0.1, 0.15) is 11.6 Å². The lowest BCUT2D eigenvalue weighted by Crippen LogP contribution is -2.64. The Balaban J connectivity index is 2.12. The molecule has 1 N–H and O–H groups in total. The summed E-state index contributed by atoms with van der Waals surface area (Å²) in [4.78, 5) is 12.8. The highest BCUT2D eigenvalue weighted by Gasteiger charge is 2.55. The molecular formula is C13H21F3N2O2. The second kappa shape index (κ2) is 4.79. The summed E-state index contributed by atoms with van der Waals surface area (Å²) in [5.74, 6) is 0. The van der Waals surface area contributed by atoms with E-state index in [0.29, 0.717) is 19.5 Å². The van der Waals surface area contributed by atoms with E-state index in [1.54, 1.807) is 20.8 Å². The Bertz CT molecular complexity index is 386. The van der Waals surface area contributed by atoms with Crippen LogP contribution in [0.1, 0.15) is 33.6 Å². The van der Waals surface area contributed by atoms with Crippen LogP contribution in [0.2, 0.25) is 0 Å². The number of nitrogens with one attached hydrogen (secondary N) is 1. The highest BCUT2D eigenvalue weighted by molar-refractivity contribution is 5.69. The standard InChI is InChI=1S/C13H21F3N2O2/c1-11(2,3)20-10(19)18-5-4-12(7-17-8-12)6-9(18)13(14,15)16/h9,17H,4-8H2,1-3H3. The van der Waals surface area contributed by atoms with Gasteiger partial charge in [0.05, 0.1) is 0 Å². The maximum Gasteiger partial charge on any atom is 0.410 e. The molecule has 4 nitrogen and oxygen atoms in total.